The van der Waals surface area contributed by atoms with Crippen LogP contribution in [-0.2, 0) is 19.1 Å². The summed E-state index contributed by atoms with van der Waals surface area (Å²) in [4.78, 5) is 22.3. The highest BCUT2D eigenvalue weighted by molar-refractivity contribution is 5.70. The largest absolute Gasteiger partial charge is 0.436 e. The maximum atomic E-state index is 11.3. The highest BCUT2D eigenvalue weighted by atomic mass is 16.6. The van der Waals surface area contributed by atoms with Gasteiger partial charge in [0.1, 0.15) is 6.61 Å². The molecule has 0 bridgehead atoms. The Bertz CT molecular complexity index is 281. The van der Waals surface area contributed by atoms with Crippen molar-refractivity contribution in [1.29, 1.82) is 0 Å². The van der Waals surface area contributed by atoms with E-state index in [1.807, 2.05) is 0 Å². The Morgan fingerprint density at radius 2 is 1.35 bits per heavy atom. The molecule has 2 atom stereocenters. The van der Waals surface area contributed by atoms with Crippen molar-refractivity contribution < 1.29 is 39.5 Å². The van der Waals surface area contributed by atoms with Gasteiger partial charge in [-0.1, -0.05) is 0 Å². The van der Waals surface area contributed by atoms with Crippen molar-refractivity contribution in [2.75, 3.05) is 13.2 Å². The van der Waals surface area contributed by atoms with E-state index in [1.54, 1.807) is 0 Å². The predicted octanol–water partition coefficient (Wildman–Crippen LogP) is -0.965. The lowest BCUT2D eigenvalue weighted by atomic mass is 10.2. The lowest BCUT2D eigenvalue weighted by molar-refractivity contribution is -0.174. The molecule has 0 saturated heterocycles. The van der Waals surface area contributed by atoms with E-state index in [4.69, 9.17) is 15.3 Å². The van der Waals surface area contributed by atoms with Crippen molar-refractivity contribution in [2.24, 2.45) is 0 Å². The van der Waals surface area contributed by atoms with Gasteiger partial charge in [0.2, 0.25) is 12.6 Å². The lowest BCUT2D eigenvalue weighted by Crippen LogP contribution is -2.21. The third kappa shape index (κ3) is 10.7. The highest BCUT2D eigenvalue weighted by Crippen LogP contribution is 2.06. The summed E-state index contributed by atoms with van der Waals surface area (Å²) in [6.45, 7) is -0.750. The Labute approximate surface area is 116 Å². The summed E-state index contributed by atoms with van der Waals surface area (Å²) < 4.78 is 9.06. The molecule has 0 aliphatic rings. The van der Waals surface area contributed by atoms with Gasteiger partial charge in [-0.2, -0.15) is 0 Å². The minimum absolute atomic E-state index is 0.0113. The number of rotatable bonds is 11. The van der Waals surface area contributed by atoms with Crippen LogP contribution in [0.15, 0.2) is 0 Å². The quantitative estimate of drug-likeness (QED) is 0.217. The first-order chi connectivity index (χ1) is 9.49. The van der Waals surface area contributed by atoms with Crippen molar-refractivity contribution >= 4 is 11.9 Å². The van der Waals surface area contributed by atoms with Gasteiger partial charge < -0.3 is 29.9 Å². The summed E-state index contributed by atoms with van der Waals surface area (Å²) in [6.07, 6.45) is -1.44. The summed E-state index contributed by atoms with van der Waals surface area (Å²) in [5.74, 6) is -1.25. The molecule has 0 aliphatic carbocycles. The first-order valence-electron chi connectivity index (χ1n) is 6.46. The normalized spacial score (nSPS) is 13.6. The Kier molecular flexibility index (Phi) is 10.9. The van der Waals surface area contributed by atoms with E-state index in [2.05, 4.69) is 9.47 Å². The first kappa shape index (κ1) is 18.8. The number of carbonyl (C=O) groups excluding carboxylic acids is 2. The van der Waals surface area contributed by atoms with E-state index in [1.165, 1.54) is 0 Å². The zero-order valence-electron chi connectivity index (χ0n) is 11.2. The van der Waals surface area contributed by atoms with Crippen LogP contribution in [0.4, 0.5) is 0 Å². The molecule has 0 aromatic heterocycles. The predicted molar refractivity (Wildman–Crippen MR) is 66.1 cm³/mol. The molecule has 0 rings (SSSR count). The average Bonchev–Trinajstić information content (AvgIpc) is 2.41. The fourth-order valence-corrected chi connectivity index (χ4v) is 1.32. The number of aliphatic hydroxyl groups excluding tert-OH is 4. The van der Waals surface area contributed by atoms with Gasteiger partial charge in [-0.3, -0.25) is 9.59 Å². The third-order valence-corrected chi connectivity index (χ3v) is 2.31. The van der Waals surface area contributed by atoms with Gasteiger partial charge in [0.15, 0.2) is 0 Å². The molecule has 8 heteroatoms. The Hall–Kier alpha value is -1.22. The van der Waals surface area contributed by atoms with Gasteiger partial charge in [0, 0.05) is 25.9 Å². The third-order valence-electron chi connectivity index (χ3n) is 2.31. The second-order valence-corrected chi connectivity index (χ2v) is 4.14. The highest BCUT2D eigenvalue weighted by Gasteiger charge is 2.12. The molecule has 0 aromatic carbocycles. The number of carbonyl (C=O) groups is 2. The van der Waals surface area contributed by atoms with Crippen LogP contribution in [0.25, 0.3) is 0 Å². The molecule has 4 N–H and O–H groups in total. The first-order valence-corrected chi connectivity index (χ1v) is 6.46. The molecule has 8 nitrogen and oxygen atoms in total. The van der Waals surface area contributed by atoms with Crippen LogP contribution in [0.2, 0.25) is 0 Å². The van der Waals surface area contributed by atoms with Crippen LogP contribution in [0.5, 0.6) is 0 Å². The average molecular weight is 294 g/mol. The second-order valence-electron chi connectivity index (χ2n) is 4.14. The molecular weight excluding hydrogens is 272 g/mol. The minimum Gasteiger partial charge on any atom is -0.436 e. The van der Waals surface area contributed by atoms with E-state index in [0.717, 1.165) is 0 Å². The minimum atomic E-state index is -1.52. The van der Waals surface area contributed by atoms with Crippen molar-refractivity contribution in [3.8, 4) is 0 Å². The molecule has 0 saturated carbocycles. The summed E-state index contributed by atoms with van der Waals surface area (Å²) >= 11 is 0. The summed E-state index contributed by atoms with van der Waals surface area (Å²) in [5, 5.41) is 35.0. The van der Waals surface area contributed by atoms with Crippen LogP contribution in [0.1, 0.15) is 38.5 Å². The van der Waals surface area contributed by atoms with Gasteiger partial charge >= 0.3 is 11.9 Å². The van der Waals surface area contributed by atoms with E-state index in [9.17, 15) is 14.7 Å². The van der Waals surface area contributed by atoms with E-state index < -0.39 is 31.1 Å². The number of hydrogen-bond donors (Lipinski definition) is 4. The topological polar surface area (TPSA) is 134 Å². The number of unbranched alkanes of at least 4 members (excludes halogenated alkanes) is 1. The van der Waals surface area contributed by atoms with Gasteiger partial charge in [-0.15, -0.1) is 0 Å². The zero-order valence-corrected chi connectivity index (χ0v) is 11.2. The van der Waals surface area contributed by atoms with E-state index in [0.29, 0.717) is 19.3 Å². The Balaban J connectivity index is 3.59. The van der Waals surface area contributed by atoms with Gasteiger partial charge in [-0.05, 0) is 19.3 Å². The van der Waals surface area contributed by atoms with Crippen molar-refractivity contribution in [3.63, 3.8) is 0 Å². The smallest absolute Gasteiger partial charge is 0.308 e. The van der Waals surface area contributed by atoms with Gasteiger partial charge in [-0.25, -0.2) is 0 Å². The zero-order chi connectivity index (χ0) is 15.4. The standard InChI is InChI=1S/C12H22O8/c13-7-3-6-11(17)19-9(15)4-1-2-5-10(16)20-12(18)8-14/h11-14,17-18H,1-8H2. The SMILES string of the molecule is O=C(CCCCC(=O)OC(O)CCCO)OC(O)CO. The molecule has 0 aliphatic heterocycles. The van der Waals surface area contributed by atoms with Crippen molar-refractivity contribution in [2.45, 2.75) is 51.1 Å². The molecule has 0 aromatic rings. The molecular formula is C12H22O8. The molecule has 20 heavy (non-hydrogen) atoms. The van der Waals surface area contributed by atoms with E-state index >= 15 is 0 Å². The summed E-state index contributed by atoms with van der Waals surface area (Å²) in [6, 6.07) is 0. The molecule has 0 heterocycles. The van der Waals surface area contributed by atoms with Crippen molar-refractivity contribution in [3.05, 3.63) is 0 Å². The number of aliphatic hydroxyl groups is 4. The molecule has 0 amide bonds. The van der Waals surface area contributed by atoms with Crippen molar-refractivity contribution in [1.82, 2.24) is 0 Å². The summed E-state index contributed by atoms with van der Waals surface area (Å²) in [5.41, 5.74) is 0. The molecule has 0 fully saturated rings. The summed E-state index contributed by atoms with van der Waals surface area (Å²) in [7, 11) is 0. The van der Waals surface area contributed by atoms with Crippen LogP contribution < -0.4 is 0 Å². The number of ether oxygens (including phenoxy) is 2. The van der Waals surface area contributed by atoms with Gasteiger partial charge in [0.05, 0.1) is 0 Å². The van der Waals surface area contributed by atoms with Gasteiger partial charge in [0.25, 0.3) is 0 Å². The monoisotopic (exact) mass is 294 g/mol. The van der Waals surface area contributed by atoms with E-state index in [-0.39, 0.29) is 25.9 Å². The van der Waals surface area contributed by atoms with Crippen LogP contribution in [0, 0.1) is 0 Å². The lowest BCUT2D eigenvalue weighted by Gasteiger charge is -2.11. The molecule has 118 valence electrons. The fourth-order valence-electron chi connectivity index (χ4n) is 1.32. The maximum absolute atomic E-state index is 11.3. The Morgan fingerprint density at radius 3 is 1.80 bits per heavy atom. The maximum Gasteiger partial charge on any atom is 0.308 e. The molecule has 0 radical (unpaired) electrons. The van der Waals surface area contributed by atoms with Crippen LogP contribution in [-0.4, -0.2) is 58.2 Å². The Morgan fingerprint density at radius 1 is 0.850 bits per heavy atom. The fraction of sp³-hybridized carbons (Fsp3) is 0.833. The van der Waals surface area contributed by atoms with Crippen LogP contribution >= 0.6 is 0 Å². The second kappa shape index (κ2) is 11.6. The molecule has 2 unspecified atom stereocenters. The number of esters is 2. The molecule has 0 spiro atoms. The number of hydrogen-bond acceptors (Lipinski definition) is 8. The van der Waals surface area contributed by atoms with Crippen LogP contribution in [0.3, 0.4) is 0 Å².